The Morgan fingerprint density at radius 3 is 2.90 bits per heavy atom. The van der Waals surface area contributed by atoms with Crippen LogP contribution >= 0.6 is 0 Å². The summed E-state index contributed by atoms with van der Waals surface area (Å²) in [6, 6.07) is 5.67. The molecule has 2 atom stereocenters. The first-order valence-corrected chi connectivity index (χ1v) is 10.4. The topological polar surface area (TPSA) is 88.8 Å². The van der Waals surface area contributed by atoms with Crippen LogP contribution in [0.4, 0.5) is 5.82 Å². The van der Waals surface area contributed by atoms with E-state index in [1.165, 1.54) is 0 Å². The Balaban J connectivity index is 1.36. The zero-order valence-corrected chi connectivity index (χ0v) is 18.2. The molecular formula is C22H29N7O2. The van der Waals surface area contributed by atoms with E-state index in [-0.39, 0.29) is 12.1 Å². The highest BCUT2D eigenvalue weighted by Gasteiger charge is 2.27. The van der Waals surface area contributed by atoms with Crippen LogP contribution in [0.2, 0.25) is 0 Å². The summed E-state index contributed by atoms with van der Waals surface area (Å²) in [4.78, 5) is 11.0. The minimum absolute atomic E-state index is 0.00165. The van der Waals surface area contributed by atoms with E-state index < -0.39 is 0 Å². The van der Waals surface area contributed by atoms with Crippen LogP contribution in [0.25, 0.3) is 0 Å². The molecule has 1 aliphatic carbocycles. The summed E-state index contributed by atoms with van der Waals surface area (Å²) in [5, 5.41) is 10.9. The van der Waals surface area contributed by atoms with Gasteiger partial charge >= 0.3 is 0 Å². The lowest BCUT2D eigenvalue weighted by atomic mass is 9.93. The fraction of sp³-hybridized carbons (Fsp3) is 0.409. The van der Waals surface area contributed by atoms with Gasteiger partial charge in [0.05, 0.1) is 25.2 Å². The summed E-state index contributed by atoms with van der Waals surface area (Å²) in [7, 11) is 6.00. The van der Waals surface area contributed by atoms with Crippen LogP contribution < -0.4 is 20.1 Å². The van der Waals surface area contributed by atoms with Crippen LogP contribution in [-0.2, 0) is 7.05 Å². The molecule has 0 saturated carbocycles. The average molecular weight is 424 g/mol. The van der Waals surface area contributed by atoms with Crippen molar-refractivity contribution in [3.05, 3.63) is 54.1 Å². The highest BCUT2D eigenvalue weighted by molar-refractivity contribution is 5.64. The van der Waals surface area contributed by atoms with Crippen LogP contribution in [0.15, 0.2) is 59.1 Å². The predicted octanol–water partition coefficient (Wildman–Crippen LogP) is 2.18. The number of fused-ring (bicyclic) bond motifs is 1. The number of hydrogen-bond acceptors (Lipinski definition) is 8. The van der Waals surface area contributed by atoms with Crippen LogP contribution in [0.5, 0.6) is 11.6 Å². The number of rotatable bonds is 9. The van der Waals surface area contributed by atoms with E-state index in [9.17, 15) is 0 Å². The largest absolute Gasteiger partial charge is 0.492 e. The molecule has 1 aliphatic heterocycles. The van der Waals surface area contributed by atoms with Crippen molar-refractivity contribution < 1.29 is 9.47 Å². The van der Waals surface area contributed by atoms with Gasteiger partial charge in [-0.25, -0.2) is 4.98 Å². The first-order valence-electron chi connectivity index (χ1n) is 10.4. The second-order valence-corrected chi connectivity index (χ2v) is 7.85. The minimum Gasteiger partial charge on any atom is -0.492 e. The lowest BCUT2D eigenvalue weighted by Gasteiger charge is -2.29. The normalized spacial score (nSPS) is 19.9. The van der Waals surface area contributed by atoms with Crippen LogP contribution in [0.1, 0.15) is 12.8 Å². The maximum absolute atomic E-state index is 6.10. The first kappa shape index (κ1) is 20.9. The molecule has 9 heteroatoms. The number of aryl methyl sites for hydroxylation is 1. The maximum Gasteiger partial charge on any atom is 0.214 e. The molecule has 0 saturated heterocycles. The van der Waals surface area contributed by atoms with Gasteiger partial charge in [-0.15, -0.1) is 0 Å². The van der Waals surface area contributed by atoms with E-state index >= 15 is 0 Å². The monoisotopic (exact) mass is 423 g/mol. The van der Waals surface area contributed by atoms with E-state index in [2.05, 4.69) is 50.8 Å². The quantitative estimate of drug-likeness (QED) is 0.472. The number of nitrogens with zero attached hydrogens (tertiary/aromatic N) is 5. The second-order valence-electron chi connectivity index (χ2n) is 7.85. The van der Waals surface area contributed by atoms with Crippen LogP contribution in [0.3, 0.4) is 0 Å². The molecule has 0 spiro atoms. The van der Waals surface area contributed by atoms with Crippen molar-refractivity contribution in [1.29, 1.82) is 0 Å². The third-order valence-electron chi connectivity index (χ3n) is 5.02. The molecule has 4 rings (SSSR count). The lowest BCUT2D eigenvalue weighted by Crippen LogP contribution is -2.33. The average Bonchev–Trinajstić information content (AvgIpc) is 3.17. The van der Waals surface area contributed by atoms with Crippen molar-refractivity contribution in [1.82, 2.24) is 25.0 Å². The molecule has 3 heterocycles. The van der Waals surface area contributed by atoms with Crippen molar-refractivity contribution in [2.75, 3.05) is 32.6 Å². The van der Waals surface area contributed by atoms with Crippen molar-refractivity contribution in [3.63, 3.8) is 0 Å². The van der Waals surface area contributed by atoms with Gasteiger partial charge in [-0.1, -0.05) is 6.08 Å². The molecule has 0 amide bonds. The van der Waals surface area contributed by atoms with Gasteiger partial charge in [0.15, 0.2) is 5.82 Å². The van der Waals surface area contributed by atoms with Gasteiger partial charge in [0, 0.05) is 43.9 Å². The fourth-order valence-corrected chi connectivity index (χ4v) is 3.47. The molecule has 9 nitrogen and oxygen atoms in total. The van der Waals surface area contributed by atoms with Crippen molar-refractivity contribution in [2.24, 2.45) is 12.0 Å². The Hall–Kier alpha value is -3.33. The molecule has 2 unspecified atom stereocenters. The zero-order valence-electron chi connectivity index (χ0n) is 18.2. The zero-order chi connectivity index (χ0) is 21.6. The summed E-state index contributed by atoms with van der Waals surface area (Å²) in [5.41, 5.74) is 1.13. The Morgan fingerprint density at radius 1 is 1.26 bits per heavy atom. The Bertz CT molecular complexity index is 962. The van der Waals surface area contributed by atoms with Crippen molar-refractivity contribution in [3.8, 4) is 11.6 Å². The third kappa shape index (κ3) is 5.64. The van der Waals surface area contributed by atoms with Crippen molar-refractivity contribution in [2.45, 2.75) is 25.0 Å². The van der Waals surface area contributed by atoms with Gasteiger partial charge in [0.2, 0.25) is 5.88 Å². The summed E-state index contributed by atoms with van der Waals surface area (Å²) in [5.74, 6) is 2.99. The maximum atomic E-state index is 6.10. The molecule has 0 radical (unpaired) electrons. The van der Waals surface area contributed by atoms with Crippen molar-refractivity contribution >= 4 is 12.2 Å². The molecule has 2 aromatic rings. The molecule has 0 aromatic carbocycles. The van der Waals surface area contributed by atoms with Crippen LogP contribution in [0, 0.1) is 0 Å². The number of aromatic nitrogens is 3. The number of anilines is 1. The van der Waals surface area contributed by atoms with Gasteiger partial charge in [-0.05, 0) is 32.7 Å². The number of pyridine rings is 1. The number of nitrogens with one attached hydrogen (secondary N) is 2. The van der Waals surface area contributed by atoms with Crippen LogP contribution in [-0.4, -0.2) is 65.4 Å². The molecule has 0 fully saturated rings. The predicted molar refractivity (Wildman–Crippen MR) is 120 cm³/mol. The Labute approximate surface area is 182 Å². The Morgan fingerprint density at radius 2 is 2.16 bits per heavy atom. The van der Waals surface area contributed by atoms with E-state index in [1.54, 1.807) is 17.2 Å². The molecule has 2 N–H and O–H groups in total. The van der Waals surface area contributed by atoms with E-state index in [0.29, 0.717) is 18.9 Å². The van der Waals surface area contributed by atoms with Gasteiger partial charge in [-0.2, -0.15) is 5.10 Å². The van der Waals surface area contributed by atoms with Gasteiger partial charge < -0.3 is 25.0 Å². The second kappa shape index (κ2) is 9.65. The highest BCUT2D eigenvalue weighted by atomic mass is 16.5. The SMILES string of the molecule is CN(C)CCCOc1ccc(OC2C=CC3N=CNC(Nc4ccn(C)n4)=C3C2)nc1. The number of hydrogen-bond donors (Lipinski definition) is 2. The molecule has 31 heavy (non-hydrogen) atoms. The molecular weight excluding hydrogens is 394 g/mol. The van der Waals surface area contributed by atoms with Gasteiger partial charge in [-0.3, -0.25) is 9.67 Å². The third-order valence-corrected chi connectivity index (χ3v) is 5.02. The summed E-state index contributed by atoms with van der Waals surface area (Å²) in [6.45, 7) is 1.66. The molecule has 2 aromatic heterocycles. The lowest BCUT2D eigenvalue weighted by molar-refractivity contribution is 0.231. The fourth-order valence-electron chi connectivity index (χ4n) is 3.47. The molecule has 0 bridgehead atoms. The summed E-state index contributed by atoms with van der Waals surface area (Å²) >= 11 is 0. The van der Waals surface area contributed by atoms with Gasteiger partial charge in [0.25, 0.3) is 0 Å². The first-order chi connectivity index (χ1) is 15.1. The number of aliphatic imine (C=N–C) groups is 1. The van der Waals surface area contributed by atoms with E-state index in [4.69, 9.17) is 9.47 Å². The summed E-state index contributed by atoms with van der Waals surface area (Å²) < 4.78 is 13.6. The van der Waals surface area contributed by atoms with E-state index in [0.717, 1.165) is 35.9 Å². The highest BCUT2D eigenvalue weighted by Crippen LogP contribution is 2.28. The summed E-state index contributed by atoms with van der Waals surface area (Å²) in [6.07, 6.45) is 11.0. The van der Waals surface area contributed by atoms with Gasteiger partial charge in [0.1, 0.15) is 17.7 Å². The number of ether oxygens (including phenoxy) is 2. The Kier molecular flexibility index (Phi) is 6.51. The standard InChI is InChI=1S/C22H29N7O2/c1-28(2)10-4-12-30-17-6-8-21(23-14-17)31-16-5-7-19-18(13-16)22(25-15-24-19)26-20-9-11-29(3)27-20/h5-9,11,14-16,19H,4,10,12-13H2,1-3H3,(H,24,25)(H,26,27). The molecule has 164 valence electrons. The minimum atomic E-state index is -0.124. The smallest absolute Gasteiger partial charge is 0.214 e. The van der Waals surface area contributed by atoms with E-state index in [1.807, 2.05) is 37.5 Å². The molecule has 2 aliphatic rings.